The highest BCUT2D eigenvalue weighted by molar-refractivity contribution is 5.97. The van der Waals surface area contributed by atoms with Crippen molar-refractivity contribution in [2.24, 2.45) is 0 Å². The predicted octanol–water partition coefficient (Wildman–Crippen LogP) is 3.91. The Balaban J connectivity index is 1.72. The van der Waals surface area contributed by atoms with Crippen molar-refractivity contribution in [1.29, 1.82) is 0 Å². The van der Waals surface area contributed by atoms with E-state index in [1.54, 1.807) is 36.4 Å². The van der Waals surface area contributed by atoms with E-state index in [1.165, 1.54) is 6.92 Å². The maximum absolute atomic E-state index is 11.8. The summed E-state index contributed by atoms with van der Waals surface area (Å²) in [4.78, 5) is 22.6. The topological polar surface area (TPSA) is 113 Å². The number of carbonyl (C=O) groups is 2. The smallest absolute Gasteiger partial charge is 0.307 e. The van der Waals surface area contributed by atoms with Gasteiger partial charge in [0, 0.05) is 5.56 Å². The molecular weight excluding hydrogens is 412 g/mol. The average molecular weight is 443 g/mol. The minimum Gasteiger partial charge on any atom is -0.507 e. The second kappa shape index (κ2) is 10.5. The van der Waals surface area contributed by atoms with Crippen molar-refractivity contribution in [2.75, 3.05) is 0 Å². The van der Waals surface area contributed by atoms with Crippen LogP contribution in [0.1, 0.15) is 61.0 Å². The van der Waals surface area contributed by atoms with Gasteiger partial charge in [-0.05, 0) is 62.4 Å². The second-order valence-corrected chi connectivity index (χ2v) is 8.19. The Morgan fingerprint density at radius 1 is 1.03 bits per heavy atom. The molecule has 0 radical (unpaired) electrons. The number of Topliss-reactive ketones (excluding diaryl/α,β-unsaturated/α-hetero) is 1. The molecule has 3 rings (SSSR count). The molecule has 0 unspecified atom stereocenters. The third kappa shape index (κ3) is 5.59. The zero-order valence-corrected chi connectivity index (χ0v) is 18.4. The SMILES string of the molecule is CCCc1c(O[C@@H]2CCC[C@@H](Oc3ccc(CC(=O)O)cc3)[C@@H]2O)ccc(C(C)=O)c1O. The van der Waals surface area contributed by atoms with Gasteiger partial charge in [0.05, 0.1) is 12.0 Å². The minimum absolute atomic E-state index is 0.0579. The van der Waals surface area contributed by atoms with Gasteiger partial charge in [-0.1, -0.05) is 25.5 Å². The number of carboxylic acids is 1. The van der Waals surface area contributed by atoms with Gasteiger partial charge >= 0.3 is 5.97 Å². The number of ketones is 1. The summed E-state index contributed by atoms with van der Waals surface area (Å²) < 4.78 is 12.1. The Bertz CT molecular complexity index is 952. The fraction of sp³-hybridized carbons (Fsp3) is 0.440. The van der Waals surface area contributed by atoms with Gasteiger partial charge in [0.1, 0.15) is 35.6 Å². The van der Waals surface area contributed by atoms with Crippen LogP contribution >= 0.6 is 0 Å². The van der Waals surface area contributed by atoms with Gasteiger partial charge < -0.3 is 24.8 Å². The van der Waals surface area contributed by atoms with Crippen molar-refractivity contribution in [3.63, 3.8) is 0 Å². The van der Waals surface area contributed by atoms with Crippen molar-refractivity contribution in [3.8, 4) is 17.2 Å². The van der Waals surface area contributed by atoms with Crippen molar-refractivity contribution >= 4 is 11.8 Å². The molecule has 0 aromatic heterocycles. The number of aliphatic carboxylic acids is 1. The molecule has 2 aromatic carbocycles. The minimum atomic E-state index is -0.897. The monoisotopic (exact) mass is 442 g/mol. The molecule has 0 aliphatic heterocycles. The number of ether oxygens (including phenoxy) is 2. The first-order chi connectivity index (χ1) is 15.3. The Hall–Kier alpha value is -3.06. The fourth-order valence-electron chi connectivity index (χ4n) is 4.06. The molecule has 3 atom stereocenters. The van der Waals surface area contributed by atoms with Crippen LogP contribution in [0.5, 0.6) is 17.2 Å². The van der Waals surface area contributed by atoms with Gasteiger partial charge in [-0.25, -0.2) is 0 Å². The first kappa shape index (κ1) is 23.6. The lowest BCUT2D eigenvalue weighted by molar-refractivity contribution is -0.136. The van der Waals surface area contributed by atoms with E-state index in [9.17, 15) is 19.8 Å². The number of rotatable bonds is 9. The molecule has 1 saturated carbocycles. The number of carbonyl (C=O) groups excluding carboxylic acids is 1. The molecule has 0 amide bonds. The van der Waals surface area contributed by atoms with Crippen LogP contribution in [0.4, 0.5) is 0 Å². The molecule has 7 heteroatoms. The first-order valence-corrected chi connectivity index (χ1v) is 11.0. The molecular formula is C25H30O7. The highest BCUT2D eigenvalue weighted by Crippen LogP contribution is 2.35. The van der Waals surface area contributed by atoms with Crippen LogP contribution in [0.2, 0.25) is 0 Å². The van der Waals surface area contributed by atoms with Crippen LogP contribution in [0, 0.1) is 0 Å². The maximum atomic E-state index is 11.8. The molecule has 7 nitrogen and oxygen atoms in total. The largest absolute Gasteiger partial charge is 0.507 e. The Morgan fingerprint density at radius 2 is 1.69 bits per heavy atom. The second-order valence-electron chi connectivity index (χ2n) is 8.19. The van der Waals surface area contributed by atoms with Gasteiger partial charge in [0.25, 0.3) is 0 Å². The Labute approximate surface area is 187 Å². The molecule has 0 heterocycles. The summed E-state index contributed by atoms with van der Waals surface area (Å²) in [5.74, 6) is -0.148. The Kier molecular flexibility index (Phi) is 7.75. The molecule has 1 aliphatic carbocycles. The summed E-state index contributed by atoms with van der Waals surface area (Å²) in [5.41, 5.74) is 1.51. The highest BCUT2D eigenvalue weighted by Gasteiger charge is 2.35. The molecule has 0 bridgehead atoms. The molecule has 32 heavy (non-hydrogen) atoms. The lowest BCUT2D eigenvalue weighted by Crippen LogP contribution is -2.47. The van der Waals surface area contributed by atoms with Crippen LogP contribution in [0.15, 0.2) is 36.4 Å². The number of benzene rings is 2. The van der Waals surface area contributed by atoms with E-state index >= 15 is 0 Å². The summed E-state index contributed by atoms with van der Waals surface area (Å²) >= 11 is 0. The van der Waals surface area contributed by atoms with E-state index in [-0.39, 0.29) is 23.5 Å². The zero-order valence-electron chi connectivity index (χ0n) is 18.4. The molecule has 2 aromatic rings. The lowest BCUT2D eigenvalue weighted by Gasteiger charge is -2.35. The number of carboxylic acid groups (broad SMARTS) is 1. The number of aromatic hydroxyl groups is 1. The number of aliphatic hydroxyl groups excluding tert-OH is 1. The van der Waals surface area contributed by atoms with E-state index in [0.29, 0.717) is 41.9 Å². The number of phenolic OH excluding ortho intramolecular Hbond substituents is 1. The third-order valence-electron chi connectivity index (χ3n) is 5.70. The average Bonchev–Trinajstić information content (AvgIpc) is 2.74. The van der Waals surface area contributed by atoms with E-state index in [2.05, 4.69) is 0 Å². The summed E-state index contributed by atoms with van der Waals surface area (Å²) in [7, 11) is 0. The highest BCUT2D eigenvalue weighted by atomic mass is 16.5. The van der Waals surface area contributed by atoms with Crippen molar-refractivity contribution in [2.45, 2.75) is 70.7 Å². The lowest BCUT2D eigenvalue weighted by atomic mass is 9.91. The van der Waals surface area contributed by atoms with E-state index in [0.717, 1.165) is 12.8 Å². The fourth-order valence-corrected chi connectivity index (χ4v) is 4.06. The molecule has 1 fully saturated rings. The first-order valence-electron chi connectivity index (χ1n) is 11.0. The molecule has 0 saturated heterocycles. The van der Waals surface area contributed by atoms with Crippen molar-refractivity contribution < 1.29 is 34.4 Å². The van der Waals surface area contributed by atoms with Crippen LogP contribution < -0.4 is 9.47 Å². The zero-order chi connectivity index (χ0) is 23.3. The van der Waals surface area contributed by atoms with Crippen molar-refractivity contribution in [1.82, 2.24) is 0 Å². The predicted molar refractivity (Wildman–Crippen MR) is 119 cm³/mol. The summed E-state index contributed by atoms with van der Waals surface area (Å²) in [6.07, 6.45) is 1.48. The summed E-state index contributed by atoms with van der Waals surface area (Å²) in [5, 5.41) is 30.4. The quantitative estimate of drug-likeness (QED) is 0.505. The van der Waals surface area contributed by atoms with Crippen LogP contribution in [-0.4, -0.2) is 45.4 Å². The van der Waals surface area contributed by atoms with Gasteiger partial charge in [-0.15, -0.1) is 0 Å². The molecule has 0 spiro atoms. The van der Waals surface area contributed by atoms with Crippen LogP contribution in [-0.2, 0) is 17.6 Å². The Morgan fingerprint density at radius 3 is 2.28 bits per heavy atom. The standard InChI is InChI=1S/C25H30O7/c1-3-5-19-20(13-12-18(15(2)26)24(19)29)32-22-7-4-6-21(25(22)30)31-17-10-8-16(9-11-17)14-23(27)28/h8-13,21-22,25,29-30H,3-7,14H2,1-2H3,(H,27,28)/t21-,22-,25+/m1/s1. The van der Waals surface area contributed by atoms with Gasteiger partial charge in [0.15, 0.2) is 5.78 Å². The van der Waals surface area contributed by atoms with Crippen LogP contribution in [0.25, 0.3) is 0 Å². The van der Waals surface area contributed by atoms with E-state index in [1.807, 2.05) is 6.92 Å². The number of hydrogen-bond acceptors (Lipinski definition) is 6. The summed E-state index contributed by atoms with van der Waals surface area (Å²) in [6, 6.07) is 10.0. The number of hydrogen-bond donors (Lipinski definition) is 3. The number of aliphatic hydroxyl groups is 1. The number of phenols is 1. The van der Waals surface area contributed by atoms with Crippen LogP contribution in [0.3, 0.4) is 0 Å². The van der Waals surface area contributed by atoms with Gasteiger partial charge in [-0.2, -0.15) is 0 Å². The summed E-state index contributed by atoms with van der Waals surface area (Å²) in [6.45, 7) is 3.39. The molecule has 3 N–H and O–H groups in total. The van der Waals surface area contributed by atoms with E-state index < -0.39 is 24.3 Å². The van der Waals surface area contributed by atoms with Gasteiger partial charge in [0.2, 0.25) is 0 Å². The normalized spacial score (nSPS) is 20.5. The van der Waals surface area contributed by atoms with Crippen molar-refractivity contribution in [3.05, 3.63) is 53.1 Å². The van der Waals surface area contributed by atoms with E-state index in [4.69, 9.17) is 14.6 Å². The van der Waals surface area contributed by atoms with Gasteiger partial charge in [-0.3, -0.25) is 9.59 Å². The maximum Gasteiger partial charge on any atom is 0.307 e. The third-order valence-corrected chi connectivity index (χ3v) is 5.70. The molecule has 1 aliphatic rings. The molecule has 172 valence electrons.